The van der Waals surface area contributed by atoms with Crippen molar-refractivity contribution < 1.29 is 33.2 Å². The number of ether oxygens (including phenoxy) is 6. The monoisotopic (exact) mass is 991 g/mol. The third kappa shape index (κ3) is 11.5. The molecule has 4 heterocycles. The van der Waals surface area contributed by atoms with Crippen LogP contribution in [0.25, 0.3) is 22.5 Å². The van der Waals surface area contributed by atoms with Crippen molar-refractivity contribution in [3.8, 4) is 45.5 Å². The van der Waals surface area contributed by atoms with Crippen LogP contribution in [0.15, 0.2) is 84.9 Å². The molecule has 0 unspecified atom stereocenters. The molecular formula is C56H66N10O7. The maximum absolute atomic E-state index is 11.6. The standard InChI is InChI=1S/C32H39N5O5.C24H27N5O2/c1-39-24-6-3-21(4-7-24)20-42-25-8-10-27-22(17-25)5-9-28-29(27)34-32(33)35-30(28)37-13-11-36(12-14-37)15-16-41-26-18-23(19-26)31(38)40-2;1-30-18-5-2-16(3-6-18)15-31-19-7-9-20-17(14-19)4-8-21-22(20)27-24(25)28-23(21)29-12-10-26-11-13-29/h3-4,6-8,10,17,23,26H,5,9,11-16,18-20H2,1-2H3,(H2,33,34,35);2-3,5-7,9,14,26H,4,8,10-13,15H2,1H3,(H2,25,27,28). The molecular weight excluding hydrogens is 925 g/mol. The van der Waals surface area contributed by atoms with Gasteiger partial charge >= 0.3 is 5.97 Å². The fourth-order valence-corrected chi connectivity index (χ4v) is 10.4. The molecule has 5 N–H and O–H groups in total. The topological polar surface area (TPSA) is 198 Å². The van der Waals surface area contributed by atoms with Gasteiger partial charge in [-0.25, -0.2) is 9.97 Å². The molecule has 3 fully saturated rings. The van der Waals surface area contributed by atoms with Crippen LogP contribution in [0, 0.1) is 5.92 Å². The lowest BCUT2D eigenvalue weighted by Crippen LogP contribution is -2.48. The minimum Gasteiger partial charge on any atom is -0.497 e. The summed E-state index contributed by atoms with van der Waals surface area (Å²) < 4.78 is 33.4. The molecule has 3 aliphatic carbocycles. The second-order valence-corrected chi connectivity index (χ2v) is 19.1. The number of carbonyl (C=O) groups excluding carboxylic acids is 1. The van der Waals surface area contributed by atoms with Crippen molar-refractivity contribution in [3.63, 3.8) is 0 Å². The lowest BCUT2D eigenvalue weighted by molar-refractivity contribution is -0.155. The predicted octanol–water partition coefficient (Wildman–Crippen LogP) is 6.32. The van der Waals surface area contributed by atoms with Gasteiger partial charge in [-0.3, -0.25) is 9.69 Å². The Morgan fingerprint density at radius 1 is 0.603 bits per heavy atom. The highest BCUT2D eigenvalue weighted by atomic mass is 16.5. The Bertz CT molecular complexity index is 2870. The van der Waals surface area contributed by atoms with Crippen molar-refractivity contribution in [1.82, 2.24) is 30.2 Å². The summed E-state index contributed by atoms with van der Waals surface area (Å²) in [5.74, 6) is 5.86. The second-order valence-electron chi connectivity index (χ2n) is 19.1. The number of nitrogens with two attached hydrogens (primary N) is 2. The van der Waals surface area contributed by atoms with E-state index in [0.717, 1.165) is 166 Å². The van der Waals surface area contributed by atoms with Crippen molar-refractivity contribution in [2.45, 2.75) is 57.8 Å². The molecule has 17 heteroatoms. The number of carbonyl (C=O) groups is 1. The Labute approximate surface area is 427 Å². The first-order valence-corrected chi connectivity index (χ1v) is 25.4. The van der Waals surface area contributed by atoms with E-state index in [4.69, 9.17) is 44.9 Å². The number of aryl methyl sites for hydroxylation is 2. The van der Waals surface area contributed by atoms with E-state index in [1.807, 2.05) is 60.7 Å². The first kappa shape index (κ1) is 49.4. The van der Waals surface area contributed by atoms with Crippen molar-refractivity contribution >= 4 is 29.5 Å². The lowest BCUT2D eigenvalue weighted by atomic mass is 9.82. The maximum atomic E-state index is 11.6. The van der Waals surface area contributed by atoms with Crippen LogP contribution in [-0.4, -0.2) is 124 Å². The number of nitrogens with one attached hydrogen (secondary N) is 1. The van der Waals surface area contributed by atoms with Gasteiger partial charge in [-0.05, 0) is 121 Å². The summed E-state index contributed by atoms with van der Waals surface area (Å²) in [5, 5.41) is 3.39. The molecule has 11 rings (SSSR count). The first-order chi connectivity index (χ1) is 35.7. The molecule has 5 aliphatic rings. The van der Waals surface area contributed by atoms with Crippen LogP contribution in [0.5, 0.6) is 23.0 Å². The largest absolute Gasteiger partial charge is 0.497 e. The molecule has 73 heavy (non-hydrogen) atoms. The molecule has 2 aromatic heterocycles. The number of fused-ring (bicyclic) bond motifs is 6. The number of hydrogen-bond acceptors (Lipinski definition) is 17. The number of anilines is 4. The van der Waals surface area contributed by atoms with Gasteiger partial charge in [0.2, 0.25) is 11.9 Å². The lowest BCUT2D eigenvalue weighted by Gasteiger charge is -2.38. The van der Waals surface area contributed by atoms with Gasteiger partial charge in [0, 0.05) is 81.2 Å². The predicted molar refractivity (Wildman–Crippen MR) is 281 cm³/mol. The number of piperazine rings is 2. The molecule has 0 atom stereocenters. The van der Waals surface area contributed by atoms with Gasteiger partial charge in [0.1, 0.15) is 47.8 Å². The van der Waals surface area contributed by atoms with Gasteiger partial charge in [0.15, 0.2) is 0 Å². The van der Waals surface area contributed by atoms with E-state index in [0.29, 0.717) is 31.7 Å². The zero-order valence-corrected chi connectivity index (χ0v) is 42.1. The SMILES string of the molecule is COC(=O)C1CC(OCCN2CCN(c3nc(N)nc4c3CCc3cc(OCc5ccc(OC)cc5)ccc3-4)CC2)C1.COc1ccc(COc2ccc3c(c2)CCc2c-3nc(N)nc2N2CCNCC2)cc1. The van der Waals surface area contributed by atoms with E-state index in [1.165, 1.54) is 29.4 Å². The minimum absolute atomic E-state index is 0.00206. The summed E-state index contributed by atoms with van der Waals surface area (Å²) in [6, 6.07) is 28.3. The maximum Gasteiger partial charge on any atom is 0.308 e. The number of nitrogens with zero attached hydrogens (tertiary/aromatic N) is 7. The quantitative estimate of drug-likeness (QED) is 0.0965. The smallest absolute Gasteiger partial charge is 0.308 e. The molecule has 0 amide bonds. The van der Waals surface area contributed by atoms with Crippen molar-refractivity contribution in [2.75, 3.05) is 108 Å². The Morgan fingerprint density at radius 2 is 1.08 bits per heavy atom. The van der Waals surface area contributed by atoms with Crippen molar-refractivity contribution in [1.29, 1.82) is 0 Å². The number of rotatable bonds is 15. The molecule has 1 saturated carbocycles. The second kappa shape index (κ2) is 22.7. The molecule has 0 bridgehead atoms. The fourth-order valence-electron chi connectivity index (χ4n) is 10.4. The van der Waals surface area contributed by atoms with Gasteiger partial charge < -0.3 is 55.0 Å². The summed E-state index contributed by atoms with van der Waals surface area (Å²) in [7, 11) is 4.78. The van der Waals surface area contributed by atoms with Crippen LogP contribution < -0.4 is 45.5 Å². The fraction of sp³-hybridized carbons (Fsp3) is 0.411. The minimum atomic E-state index is -0.124. The molecule has 0 radical (unpaired) electrons. The number of benzene rings is 4. The zero-order valence-electron chi connectivity index (χ0n) is 42.1. The zero-order chi connectivity index (χ0) is 50.3. The molecule has 6 aromatic rings. The summed E-state index contributed by atoms with van der Waals surface area (Å²) in [4.78, 5) is 37.3. The Morgan fingerprint density at radius 3 is 1.56 bits per heavy atom. The van der Waals surface area contributed by atoms with Gasteiger partial charge in [-0.1, -0.05) is 24.3 Å². The summed E-state index contributed by atoms with van der Waals surface area (Å²) in [6.45, 7) is 9.99. The molecule has 17 nitrogen and oxygen atoms in total. The van der Waals surface area contributed by atoms with Gasteiger partial charge in [0.25, 0.3) is 0 Å². The third-order valence-corrected chi connectivity index (χ3v) is 14.6. The molecule has 4 aromatic carbocycles. The van der Waals surface area contributed by atoms with E-state index in [9.17, 15) is 4.79 Å². The summed E-state index contributed by atoms with van der Waals surface area (Å²) in [5.41, 5.74) is 23.5. The van der Waals surface area contributed by atoms with Gasteiger partial charge in [0.05, 0.1) is 51.3 Å². The molecule has 2 saturated heterocycles. The normalized spacial score (nSPS) is 17.8. The Hall–Kier alpha value is -7.21. The Balaban J connectivity index is 0.000000175. The van der Waals surface area contributed by atoms with Crippen LogP contribution in [-0.2, 0) is 53.2 Å². The molecule has 2 aliphatic heterocycles. The highest BCUT2D eigenvalue weighted by Crippen LogP contribution is 2.41. The summed E-state index contributed by atoms with van der Waals surface area (Å²) in [6.07, 6.45) is 5.31. The van der Waals surface area contributed by atoms with Gasteiger partial charge in [-0.15, -0.1) is 0 Å². The summed E-state index contributed by atoms with van der Waals surface area (Å²) >= 11 is 0. The van der Waals surface area contributed by atoms with Crippen LogP contribution >= 0.6 is 0 Å². The van der Waals surface area contributed by atoms with E-state index < -0.39 is 0 Å². The van der Waals surface area contributed by atoms with E-state index in [1.54, 1.807) is 14.2 Å². The highest BCUT2D eigenvalue weighted by Gasteiger charge is 2.36. The van der Waals surface area contributed by atoms with Crippen LogP contribution in [0.1, 0.15) is 46.2 Å². The van der Waals surface area contributed by atoms with E-state index >= 15 is 0 Å². The van der Waals surface area contributed by atoms with Gasteiger partial charge in [-0.2, -0.15) is 9.97 Å². The number of hydrogen-bond donors (Lipinski definition) is 3. The average molecular weight is 991 g/mol. The molecule has 382 valence electrons. The van der Waals surface area contributed by atoms with Crippen LogP contribution in [0.3, 0.4) is 0 Å². The van der Waals surface area contributed by atoms with E-state index in [-0.39, 0.29) is 18.0 Å². The first-order valence-electron chi connectivity index (χ1n) is 25.4. The van der Waals surface area contributed by atoms with Crippen molar-refractivity contribution in [2.24, 2.45) is 5.92 Å². The van der Waals surface area contributed by atoms with Crippen molar-refractivity contribution in [3.05, 3.63) is 118 Å². The number of nitrogen functional groups attached to an aromatic ring is 2. The Kier molecular flexibility index (Phi) is 15.3. The number of esters is 1. The highest BCUT2D eigenvalue weighted by molar-refractivity contribution is 5.77. The van der Waals surface area contributed by atoms with Crippen LogP contribution in [0.2, 0.25) is 0 Å². The number of aromatic nitrogens is 4. The van der Waals surface area contributed by atoms with Crippen LogP contribution in [0.4, 0.5) is 23.5 Å². The third-order valence-electron chi connectivity index (χ3n) is 14.6. The molecule has 0 spiro atoms. The van der Waals surface area contributed by atoms with E-state index in [2.05, 4.69) is 59.2 Å². The average Bonchev–Trinajstić information content (AvgIpc) is 3.42. The number of methoxy groups -OCH3 is 3.